The molecule has 2 aliphatic rings. The van der Waals surface area contributed by atoms with Gasteiger partial charge in [0.05, 0.1) is 12.7 Å². The molecule has 0 spiro atoms. The predicted octanol–water partition coefficient (Wildman–Crippen LogP) is -0.459. The molecule has 13 heteroatoms. The van der Waals surface area contributed by atoms with Gasteiger partial charge in [-0.2, -0.15) is 0 Å². The van der Waals surface area contributed by atoms with Crippen LogP contribution in [0.25, 0.3) is 22.3 Å². The average molecular weight is 548 g/mol. The average Bonchev–Trinajstić information content (AvgIpc) is 2.89. The molecule has 3 aromatic rings. The molecule has 0 unspecified atom stereocenters. The van der Waals surface area contributed by atoms with Crippen molar-refractivity contribution < 1.29 is 59.1 Å². The molecule has 2 aliphatic heterocycles. The van der Waals surface area contributed by atoms with Gasteiger partial charge < -0.3 is 59.1 Å². The molecule has 210 valence electrons. The van der Waals surface area contributed by atoms with Crippen molar-refractivity contribution in [2.45, 2.75) is 62.2 Å². The molecule has 3 heterocycles. The van der Waals surface area contributed by atoms with Crippen LogP contribution in [0.15, 0.2) is 51.7 Å². The van der Waals surface area contributed by atoms with E-state index in [0.717, 1.165) is 6.07 Å². The van der Waals surface area contributed by atoms with Crippen molar-refractivity contribution in [2.24, 2.45) is 0 Å². The summed E-state index contributed by atoms with van der Waals surface area (Å²) in [4.78, 5) is 12.7. The fourth-order valence-corrected chi connectivity index (χ4v) is 4.56. The van der Waals surface area contributed by atoms with E-state index >= 15 is 0 Å². The first kappa shape index (κ1) is 27.3. The highest BCUT2D eigenvalue weighted by atomic mass is 16.7. The van der Waals surface area contributed by atoms with Crippen molar-refractivity contribution in [2.75, 3.05) is 6.61 Å². The van der Waals surface area contributed by atoms with E-state index in [1.54, 1.807) is 12.1 Å². The van der Waals surface area contributed by atoms with Crippen molar-refractivity contribution in [1.82, 2.24) is 0 Å². The van der Waals surface area contributed by atoms with Gasteiger partial charge in [0.1, 0.15) is 70.6 Å². The Balaban J connectivity index is 1.35. The zero-order valence-corrected chi connectivity index (χ0v) is 20.5. The largest absolute Gasteiger partial charge is 0.508 e. The Hall–Kier alpha value is -3.27. The quantitative estimate of drug-likeness (QED) is 0.216. The van der Waals surface area contributed by atoms with Gasteiger partial charge in [0.15, 0.2) is 11.7 Å². The van der Waals surface area contributed by atoms with Crippen molar-refractivity contribution >= 4 is 11.0 Å². The maximum atomic E-state index is 12.7. The maximum absolute atomic E-state index is 12.7. The second-order valence-corrected chi connectivity index (χ2v) is 9.50. The van der Waals surface area contributed by atoms with Gasteiger partial charge in [-0.15, -0.1) is 0 Å². The van der Waals surface area contributed by atoms with Crippen molar-refractivity contribution in [1.29, 1.82) is 0 Å². The van der Waals surface area contributed by atoms with Crippen LogP contribution in [-0.2, 0) is 14.2 Å². The minimum absolute atomic E-state index is 0.0233. The van der Waals surface area contributed by atoms with Gasteiger partial charge in [0.25, 0.3) is 0 Å². The first-order valence-corrected chi connectivity index (χ1v) is 12.1. The Morgan fingerprint density at radius 2 is 1.56 bits per heavy atom. The lowest BCUT2D eigenvalue weighted by Crippen LogP contribution is -2.62. The molecule has 39 heavy (non-hydrogen) atoms. The third-order valence-corrected chi connectivity index (χ3v) is 6.71. The molecule has 2 fully saturated rings. The molecule has 5 rings (SSSR count). The zero-order valence-electron chi connectivity index (χ0n) is 20.5. The molecule has 0 radical (unpaired) electrons. The number of hydrogen-bond donors (Lipinski definition) is 7. The SMILES string of the molecule is C[C@H]1O[C@H](Oc2cc(O)c3c(=O)cc(-c4ccc(O)cc4)oc3c2)[C@@H](O)[C@@H](O)[C@@H]1O[C@H]1OC[C@@H](O)[C@@H](O)[C@@H]1O. The number of hydrogen-bond acceptors (Lipinski definition) is 13. The Labute approximate surface area is 220 Å². The van der Waals surface area contributed by atoms with Gasteiger partial charge >= 0.3 is 0 Å². The molecule has 9 atom stereocenters. The minimum Gasteiger partial charge on any atom is -0.508 e. The van der Waals surface area contributed by atoms with Crippen LogP contribution in [0.1, 0.15) is 6.92 Å². The number of phenolic OH excluding ortho intramolecular Hbond substituents is 2. The Morgan fingerprint density at radius 1 is 0.872 bits per heavy atom. The molecule has 2 aromatic carbocycles. The Kier molecular flexibility index (Phi) is 7.50. The van der Waals surface area contributed by atoms with E-state index in [9.17, 15) is 40.5 Å². The molecule has 0 amide bonds. The number of benzene rings is 2. The monoisotopic (exact) mass is 548 g/mol. The summed E-state index contributed by atoms with van der Waals surface area (Å²) in [6.07, 6.45) is -12.7. The molecule has 2 saturated heterocycles. The molecular formula is C26H28O13. The van der Waals surface area contributed by atoms with Gasteiger partial charge in [0.2, 0.25) is 6.29 Å². The summed E-state index contributed by atoms with van der Waals surface area (Å²) in [6, 6.07) is 9.60. The molecule has 1 aromatic heterocycles. The molecule has 7 N–H and O–H groups in total. The van der Waals surface area contributed by atoms with Crippen LogP contribution in [0.2, 0.25) is 0 Å². The highest BCUT2D eigenvalue weighted by molar-refractivity contribution is 5.86. The molecule has 0 bridgehead atoms. The van der Waals surface area contributed by atoms with E-state index in [1.165, 1.54) is 31.2 Å². The van der Waals surface area contributed by atoms with Crippen LogP contribution in [0.5, 0.6) is 17.2 Å². The van der Waals surface area contributed by atoms with E-state index in [2.05, 4.69) is 0 Å². The van der Waals surface area contributed by atoms with Gasteiger partial charge in [0, 0.05) is 23.8 Å². The standard InChI is InChI=1S/C26H28O13/c1-10-24(39-25-22(33)20(31)16(30)9-35-25)21(32)23(34)26(36-10)37-13-6-14(28)19-15(29)8-17(38-18(19)7-13)11-2-4-12(27)5-3-11/h2-8,10,16,20-28,30-34H,9H2,1H3/t10-,16-,20-,21-,22+,23+,24-,25-,26-/m1/s1. The lowest BCUT2D eigenvalue weighted by molar-refractivity contribution is -0.334. The highest BCUT2D eigenvalue weighted by Gasteiger charge is 2.48. The number of fused-ring (bicyclic) bond motifs is 1. The van der Waals surface area contributed by atoms with Crippen LogP contribution in [-0.4, -0.2) is 97.7 Å². The van der Waals surface area contributed by atoms with Crippen molar-refractivity contribution in [3.05, 3.63) is 52.7 Å². The van der Waals surface area contributed by atoms with Crippen LogP contribution in [0.3, 0.4) is 0 Å². The molecule has 0 aliphatic carbocycles. The first-order valence-electron chi connectivity index (χ1n) is 12.1. The van der Waals surface area contributed by atoms with Crippen LogP contribution in [0.4, 0.5) is 0 Å². The van der Waals surface area contributed by atoms with E-state index in [0.29, 0.717) is 5.56 Å². The third-order valence-electron chi connectivity index (χ3n) is 6.71. The van der Waals surface area contributed by atoms with Crippen LogP contribution < -0.4 is 10.2 Å². The second-order valence-electron chi connectivity index (χ2n) is 9.50. The Morgan fingerprint density at radius 3 is 2.28 bits per heavy atom. The van der Waals surface area contributed by atoms with E-state index in [-0.39, 0.29) is 34.8 Å². The number of aliphatic hydroxyl groups is 5. The zero-order chi connectivity index (χ0) is 28.0. The second kappa shape index (κ2) is 10.7. The van der Waals surface area contributed by atoms with E-state index in [4.69, 9.17) is 23.4 Å². The Bertz CT molecular complexity index is 1370. The fourth-order valence-electron chi connectivity index (χ4n) is 4.56. The summed E-state index contributed by atoms with van der Waals surface area (Å²) in [7, 11) is 0. The van der Waals surface area contributed by atoms with Crippen LogP contribution in [0, 0.1) is 0 Å². The fraction of sp³-hybridized carbons (Fsp3) is 0.423. The number of ether oxygens (including phenoxy) is 4. The summed E-state index contributed by atoms with van der Waals surface area (Å²) in [6.45, 7) is 1.20. The molecular weight excluding hydrogens is 520 g/mol. The van der Waals surface area contributed by atoms with Crippen LogP contribution >= 0.6 is 0 Å². The van der Waals surface area contributed by atoms with Gasteiger partial charge in [-0.05, 0) is 31.2 Å². The number of aliphatic hydroxyl groups excluding tert-OH is 5. The topological polar surface area (TPSA) is 209 Å². The lowest BCUT2D eigenvalue weighted by atomic mass is 9.99. The summed E-state index contributed by atoms with van der Waals surface area (Å²) < 4.78 is 28.0. The number of rotatable bonds is 5. The molecule has 13 nitrogen and oxygen atoms in total. The summed E-state index contributed by atoms with van der Waals surface area (Å²) >= 11 is 0. The van der Waals surface area contributed by atoms with Crippen molar-refractivity contribution in [3.8, 4) is 28.6 Å². The maximum Gasteiger partial charge on any atom is 0.229 e. The van der Waals surface area contributed by atoms with Gasteiger partial charge in [-0.3, -0.25) is 4.79 Å². The summed E-state index contributed by atoms with van der Waals surface area (Å²) in [5.41, 5.74) is -0.0447. The normalized spacial score (nSPS) is 33.2. The van der Waals surface area contributed by atoms with E-state index in [1.807, 2.05) is 0 Å². The number of aromatic hydroxyl groups is 2. The minimum atomic E-state index is -1.67. The lowest BCUT2D eigenvalue weighted by Gasteiger charge is -2.44. The van der Waals surface area contributed by atoms with E-state index < -0.39 is 66.5 Å². The van der Waals surface area contributed by atoms with Gasteiger partial charge in [-0.25, -0.2) is 0 Å². The smallest absolute Gasteiger partial charge is 0.229 e. The van der Waals surface area contributed by atoms with Gasteiger partial charge in [-0.1, -0.05) is 0 Å². The molecule has 0 saturated carbocycles. The summed E-state index contributed by atoms with van der Waals surface area (Å²) in [5.74, 6) is -0.286. The van der Waals surface area contributed by atoms with Crippen molar-refractivity contribution in [3.63, 3.8) is 0 Å². The summed E-state index contributed by atoms with van der Waals surface area (Å²) in [5, 5.41) is 70.9. The predicted molar refractivity (Wildman–Crippen MR) is 131 cm³/mol. The third kappa shape index (κ3) is 5.31. The first-order chi connectivity index (χ1) is 18.5. The highest BCUT2D eigenvalue weighted by Crippen LogP contribution is 2.34. The number of phenols is 2.